The van der Waals surface area contributed by atoms with E-state index in [2.05, 4.69) is 52.3 Å². The van der Waals surface area contributed by atoms with E-state index in [1.54, 1.807) is 62.4 Å². The summed E-state index contributed by atoms with van der Waals surface area (Å²) in [4.78, 5) is 73.3. The summed E-state index contributed by atoms with van der Waals surface area (Å²) in [5.74, 6) is -0.592. The topological polar surface area (TPSA) is 319 Å². The average Bonchev–Trinajstić information content (AvgIpc) is 4.17. The van der Waals surface area contributed by atoms with Crippen molar-refractivity contribution in [2.75, 3.05) is 52.7 Å². The van der Waals surface area contributed by atoms with Crippen molar-refractivity contribution in [1.82, 2.24) is 61.7 Å². The van der Waals surface area contributed by atoms with Crippen molar-refractivity contribution in [3.05, 3.63) is 155 Å². The highest BCUT2D eigenvalue weighted by molar-refractivity contribution is 5.90. The van der Waals surface area contributed by atoms with Crippen LogP contribution in [-0.2, 0) is 64.3 Å². The van der Waals surface area contributed by atoms with Gasteiger partial charge in [0.1, 0.15) is 25.3 Å². The summed E-state index contributed by atoms with van der Waals surface area (Å²) in [5.41, 5.74) is 7.19. The number of ether oxygens (including phenoxy) is 6. The highest BCUT2D eigenvalue weighted by atomic mass is 35.5. The molecule has 2 heterocycles. The van der Waals surface area contributed by atoms with Crippen LogP contribution in [0.25, 0.3) is 0 Å². The molecule has 83 heavy (non-hydrogen) atoms. The zero-order valence-corrected chi connectivity index (χ0v) is 48.3. The lowest BCUT2D eigenvalue weighted by molar-refractivity contribution is -0.130. The number of rotatable bonds is 31. The van der Waals surface area contributed by atoms with Crippen LogP contribution in [-0.4, -0.2) is 135 Å². The van der Waals surface area contributed by atoms with Crippen LogP contribution in [0.5, 0.6) is 0 Å². The van der Waals surface area contributed by atoms with Gasteiger partial charge >= 0.3 is 24.1 Å². The predicted octanol–water partition coefficient (Wildman–Crippen LogP) is 6.03. The van der Waals surface area contributed by atoms with Crippen LogP contribution in [0, 0.1) is 5.41 Å². The van der Waals surface area contributed by atoms with Crippen molar-refractivity contribution in [3.8, 4) is 0 Å². The van der Waals surface area contributed by atoms with E-state index >= 15 is 0 Å². The maximum atomic E-state index is 12.7. The Labute approximate surface area is 488 Å². The number of hydrogen-bond donors (Lipinski definition) is 5. The molecule has 0 aliphatic heterocycles. The lowest BCUT2D eigenvalue weighted by atomic mass is 9.95. The van der Waals surface area contributed by atoms with Crippen LogP contribution < -0.4 is 27.0 Å². The number of unbranched alkanes of at least 4 members (excludes halogenated alkanes) is 2. The predicted molar refractivity (Wildman–Crippen MR) is 305 cm³/mol. The van der Waals surface area contributed by atoms with Crippen LogP contribution in [0.2, 0.25) is 0 Å². The van der Waals surface area contributed by atoms with Gasteiger partial charge in [0.05, 0.1) is 69.4 Å². The second kappa shape index (κ2) is 36.2. The Morgan fingerprint density at radius 3 is 1.25 bits per heavy atom. The Kier molecular flexibility index (Phi) is 29.2. The van der Waals surface area contributed by atoms with E-state index < -0.39 is 41.1 Å². The van der Waals surface area contributed by atoms with Gasteiger partial charge < -0.3 is 55.4 Å². The Hall–Kier alpha value is -8.39. The van der Waals surface area contributed by atoms with E-state index in [9.17, 15) is 28.8 Å². The number of benzene rings is 4. The van der Waals surface area contributed by atoms with E-state index in [4.69, 9.17) is 34.2 Å². The number of nitrogens with zero attached hydrogens (tertiary/aromatic N) is 8. The molecule has 6 aromatic rings. The maximum absolute atomic E-state index is 12.7. The zero-order valence-electron chi connectivity index (χ0n) is 47.5. The third kappa shape index (κ3) is 25.5. The number of nitrogens with one attached hydrogen (secondary N) is 4. The van der Waals surface area contributed by atoms with E-state index in [-0.39, 0.29) is 83.0 Å². The molecule has 25 nitrogen and oxygen atoms in total. The summed E-state index contributed by atoms with van der Waals surface area (Å²) >= 11 is 0. The van der Waals surface area contributed by atoms with Crippen molar-refractivity contribution in [3.63, 3.8) is 0 Å². The molecule has 26 heteroatoms. The summed E-state index contributed by atoms with van der Waals surface area (Å²) < 4.78 is 35.6. The van der Waals surface area contributed by atoms with Crippen molar-refractivity contribution < 1.29 is 57.2 Å². The molecule has 0 aliphatic rings. The Morgan fingerprint density at radius 2 is 0.880 bits per heavy atom. The molecule has 0 saturated carbocycles. The van der Waals surface area contributed by atoms with Crippen molar-refractivity contribution in [2.24, 2.45) is 11.1 Å². The molecule has 0 radical (unpaired) electrons. The zero-order chi connectivity index (χ0) is 59.0. The molecule has 4 amide bonds. The Bertz CT molecular complexity index is 2660. The van der Waals surface area contributed by atoms with Gasteiger partial charge in [0.2, 0.25) is 11.8 Å². The van der Waals surface area contributed by atoms with Gasteiger partial charge in [-0.25, -0.2) is 28.5 Å². The lowest BCUT2D eigenvalue weighted by Crippen LogP contribution is -2.51. The van der Waals surface area contributed by atoms with Crippen LogP contribution in [0.1, 0.15) is 116 Å². The number of tetrazole rings is 2. The van der Waals surface area contributed by atoms with Gasteiger partial charge in [-0.2, -0.15) is 0 Å². The lowest BCUT2D eigenvalue weighted by Gasteiger charge is -2.24. The van der Waals surface area contributed by atoms with E-state index in [1.165, 1.54) is 9.36 Å². The SMILES string of the molecule is CC(C)(C)C(=O)N[C@H](COCc1ccccc1)c1nnnn1CCOC(=O)NCCCCOC(=O)c1ccccc1.CC(C)(N)C(=O)N[C@H](COCc1ccccc1)c1nnnn1CCOC(=O)NCCCCOC(=O)c1ccccc1.Cl. The van der Waals surface area contributed by atoms with Crippen LogP contribution in [0.4, 0.5) is 9.59 Å². The number of alkyl carbamates (subject to hydrolysis) is 2. The van der Waals surface area contributed by atoms with Gasteiger partial charge in [0.25, 0.3) is 0 Å². The van der Waals surface area contributed by atoms with Crippen LogP contribution in [0.3, 0.4) is 0 Å². The molecule has 4 aromatic carbocycles. The fourth-order valence-electron chi connectivity index (χ4n) is 7.09. The fraction of sp³-hybridized carbons (Fsp3) is 0.439. The van der Waals surface area contributed by atoms with Crippen LogP contribution in [0.15, 0.2) is 121 Å². The number of carbonyl (C=O) groups is 6. The third-order valence-corrected chi connectivity index (χ3v) is 11.7. The van der Waals surface area contributed by atoms with Crippen molar-refractivity contribution in [2.45, 2.75) is 104 Å². The molecule has 0 unspecified atom stereocenters. The third-order valence-electron chi connectivity index (χ3n) is 11.7. The Morgan fingerprint density at radius 1 is 0.506 bits per heavy atom. The molecule has 0 fully saturated rings. The quantitative estimate of drug-likeness (QED) is 0.0188. The standard InChI is InChI=1S/C29H38N6O6.C28H37N7O6.ClH/c1-29(2,3)27(37)31-24(21-39-20-22-12-6-4-7-13-22)25-32-33-34-35(25)17-19-41-28(38)30-16-10-11-18-40-26(36)23-14-8-5-9-15-23;1-28(2,29)26(37)31-23(20-39-19-21-11-5-3-6-12-21)24-32-33-34-35(24)16-18-41-27(38)30-15-9-10-17-40-25(36)22-13-7-4-8-14-22;/h4-9,12-15,24H,10-11,16-21H2,1-3H3,(H,30,38)(H,31,37);3-8,11-14,23H,9-10,15-20,29H2,1-2H3,(H,30,38)(H,31,37);1H/t24-;23-;/m11./s1. The number of amides is 4. The number of hydrogen-bond acceptors (Lipinski definition) is 19. The van der Waals surface area contributed by atoms with Gasteiger partial charge in [-0.15, -0.1) is 22.6 Å². The smallest absolute Gasteiger partial charge is 0.407 e. The molecule has 0 bridgehead atoms. The Balaban J connectivity index is 0.000000352. The monoisotopic (exact) mass is 1170 g/mol. The van der Waals surface area contributed by atoms with Gasteiger partial charge in [-0.05, 0) is 95.8 Å². The molecule has 6 rings (SSSR count). The highest BCUT2D eigenvalue weighted by Gasteiger charge is 2.30. The largest absolute Gasteiger partial charge is 0.462 e. The number of esters is 2. The second-order valence-corrected chi connectivity index (χ2v) is 20.1. The minimum atomic E-state index is -1.12. The molecule has 0 spiro atoms. The molecular formula is C57H76ClN13O12. The number of nitrogens with two attached hydrogens (primary N) is 1. The molecule has 2 atom stereocenters. The van der Waals surface area contributed by atoms with Gasteiger partial charge in [0.15, 0.2) is 11.6 Å². The van der Waals surface area contributed by atoms with E-state index in [0.717, 1.165) is 11.1 Å². The van der Waals surface area contributed by atoms with Gasteiger partial charge in [0, 0.05) is 18.5 Å². The van der Waals surface area contributed by atoms with Crippen LogP contribution >= 0.6 is 12.4 Å². The second-order valence-electron chi connectivity index (χ2n) is 20.1. The van der Waals surface area contributed by atoms with E-state index in [0.29, 0.717) is 74.8 Å². The number of aromatic nitrogens is 8. The first kappa shape index (κ1) is 67.1. The molecule has 0 saturated heterocycles. The molecular weight excluding hydrogens is 1090 g/mol. The molecule has 448 valence electrons. The fourth-order valence-corrected chi connectivity index (χ4v) is 7.09. The normalized spacial score (nSPS) is 11.7. The van der Waals surface area contributed by atoms with E-state index in [1.807, 2.05) is 93.6 Å². The molecule has 6 N–H and O–H groups in total. The number of carbonyl (C=O) groups excluding carboxylic acids is 6. The first-order valence-electron chi connectivity index (χ1n) is 26.9. The first-order valence-corrected chi connectivity index (χ1v) is 26.9. The minimum Gasteiger partial charge on any atom is -0.462 e. The first-order chi connectivity index (χ1) is 39.5. The summed E-state index contributed by atoms with van der Waals surface area (Å²) in [7, 11) is 0. The summed E-state index contributed by atoms with van der Waals surface area (Å²) in [6.45, 7) is 11.2. The van der Waals surface area contributed by atoms with Gasteiger partial charge in [-0.1, -0.05) is 118 Å². The summed E-state index contributed by atoms with van der Waals surface area (Å²) in [6.07, 6.45) is 1.24. The maximum Gasteiger partial charge on any atom is 0.407 e. The average molecular weight is 1170 g/mol. The highest BCUT2D eigenvalue weighted by Crippen LogP contribution is 2.19. The molecule has 0 aliphatic carbocycles. The summed E-state index contributed by atoms with van der Waals surface area (Å²) in [6, 6.07) is 35.5. The molecule has 2 aromatic heterocycles. The number of halogens is 1. The summed E-state index contributed by atoms with van der Waals surface area (Å²) in [5, 5.41) is 34.7. The van der Waals surface area contributed by atoms with Crippen molar-refractivity contribution in [1.29, 1.82) is 0 Å². The van der Waals surface area contributed by atoms with Gasteiger partial charge in [-0.3, -0.25) is 9.59 Å². The minimum absolute atomic E-state index is 0. The van der Waals surface area contributed by atoms with Crippen molar-refractivity contribution >= 4 is 48.3 Å².